The fraction of sp³-hybridized carbons (Fsp3) is 0.409. The molecule has 0 spiro atoms. The zero-order valence-corrected chi connectivity index (χ0v) is 17.1. The molecule has 1 N–H and O–H groups in total. The summed E-state index contributed by atoms with van der Waals surface area (Å²) >= 11 is 0. The number of rotatable bonds is 7. The van der Waals surface area contributed by atoms with Crippen molar-refractivity contribution in [2.75, 3.05) is 25.9 Å². The van der Waals surface area contributed by atoms with Gasteiger partial charge in [0.05, 0.1) is 6.26 Å². The van der Waals surface area contributed by atoms with Gasteiger partial charge in [0.15, 0.2) is 0 Å². The van der Waals surface area contributed by atoms with Crippen LogP contribution in [0.25, 0.3) is 0 Å². The number of piperidine rings is 1. The van der Waals surface area contributed by atoms with Gasteiger partial charge in [0.2, 0.25) is 10.0 Å². The molecule has 5 nitrogen and oxygen atoms in total. The molecule has 1 heterocycles. The van der Waals surface area contributed by atoms with Gasteiger partial charge in [0.25, 0.3) is 5.91 Å². The van der Waals surface area contributed by atoms with E-state index in [1.165, 1.54) is 11.8 Å². The first-order chi connectivity index (χ1) is 13.4. The van der Waals surface area contributed by atoms with Crippen LogP contribution in [-0.4, -0.2) is 45.1 Å². The van der Waals surface area contributed by atoms with E-state index in [9.17, 15) is 13.2 Å². The van der Waals surface area contributed by atoms with E-state index in [0.29, 0.717) is 13.1 Å². The number of carbonyl (C=O) groups is 1. The number of carbonyl (C=O) groups excluding carboxylic acids is 1. The van der Waals surface area contributed by atoms with E-state index in [0.717, 1.165) is 43.4 Å². The van der Waals surface area contributed by atoms with Crippen molar-refractivity contribution in [1.82, 2.24) is 9.62 Å². The average molecular weight is 401 g/mol. The van der Waals surface area contributed by atoms with E-state index in [1.54, 1.807) is 0 Å². The van der Waals surface area contributed by atoms with Crippen molar-refractivity contribution >= 4 is 15.9 Å². The fourth-order valence-electron chi connectivity index (χ4n) is 3.73. The second kappa shape index (κ2) is 9.34. The molecule has 2 aromatic rings. The molecule has 1 unspecified atom stereocenters. The first-order valence-corrected chi connectivity index (χ1v) is 11.7. The lowest BCUT2D eigenvalue weighted by atomic mass is 9.95. The Kier molecular flexibility index (Phi) is 6.86. The maximum atomic E-state index is 13.2. The molecular weight excluding hydrogens is 372 g/mol. The molecule has 0 aliphatic carbocycles. The summed E-state index contributed by atoms with van der Waals surface area (Å²) in [5.74, 6) is 0.205. The van der Waals surface area contributed by atoms with E-state index < -0.39 is 10.0 Å². The lowest BCUT2D eigenvalue weighted by Gasteiger charge is -2.33. The van der Waals surface area contributed by atoms with Crippen LogP contribution in [0.1, 0.15) is 34.3 Å². The maximum Gasteiger partial charge on any atom is 0.254 e. The number of likely N-dealkylation sites (tertiary alicyclic amines) is 1. The first-order valence-electron chi connectivity index (χ1n) is 9.78. The first kappa shape index (κ1) is 20.6. The molecule has 1 amide bonds. The van der Waals surface area contributed by atoms with Crippen LogP contribution in [0.5, 0.6) is 0 Å². The largest absolute Gasteiger partial charge is 0.338 e. The highest BCUT2D eigenvalue weighted by Crippen LogP contribution is 2.21. The van der Waals surface area contributed by atoms with Crippen molar-refractivity contribution in [3.63, 3.8) is 0 Å². The molecule has 2 aromatic carbocycles. The molecule has 6 heteroatoms. The molecule has 1 aliphatic rings. The fourth-order valence-corrected chi connectivity index (χ4v) is 4.26. The van der Waals surface area contributed by atoms with Crippen LogP contribution in [-0.2, 0) is 22.9 Å². The van der Waals surface area contributed by atoms with Crippen molar-refractivity contribution in [1.29, 1.82) is 0 Å². The van der Waals surface area contributed by atoms with Gasteiger partial charge in [0, 0.05) is 25.2 Å². The monoisotopic (exact) mass is 400 g/mol. The maximum absolute atomic E-state index is 13.2. The Bertz CT molecular complexity index is 897. The highest BCUT2D eigenvalue weighted by molar-refractivity contribution is 7.88. The Balaban J connectivity index is 1.66. The predicted octanol–water partition coefficient (Wildman–Crippen LogP) is 2.87. The molecule has 1 fully saturated rings. The van der Waals surface area contributed by atoms with Crippen LogP contribution >= 0.6 is 0 Å². The Morgan fingerprint density at radius 3 is 2.54 bits per heavy atom. The van der Waals surface area contributed by atoms with Crippen molar-refractivity contribution in [2.24, 2.45) is 5.92 Å². The summed E-state index contributed by atoms with van der Waals surface area (Å²) in [5.41, 5.74) is 3.08. The van der Waals surface area contributed by atoms with Crippen molar-refractivity contribution < 1.29 is 13.2 Å². The SMILES string of the molecule is CS(=O)(=O)NCC1CCCN(C(=O)c2ccccc2CCc2ccccc2)C1. The van der Waals surface area contributed by atoms with Gasteiger partial charge in [-0.25, -0.2) is 13.1 Å². The number of hydrogen-bond donors (Lipinski definition) is 1. The Labute approximate surface area is 167 Å². The van der Waals surface area contributed by atoms with Gasteiger partial charge in [-0.15, -0.1) is 0 Å². The molecular formula is C22H28N2O3S. The second-order valence-corrected chi connectivity index (χ2v) is 9.36. The molecule has 1 aliphatic heterocycles. The number of aryl methyl sites for hydroxylation is 2. The van der Waals surface area contributed by atoms with Crippen LogP contribution in [0.4, 0.5) is 0 Å². The third-order valence-corrected chi connectivity index (χ3v) is 5.91. The molecule has 1 atom stereocenters. The van der Waals surface area contributed by atoms with Crippen LogP contribution in [0.15, 0.2) is 54.6 Å². The minimum absolute atomic E-state index is 0.0488. The number of nitrogens with one attached hydrogen (secondary N) is 1. The number of sulfonamides is 1. The normalized spacial score (nSPS) is 17.5. The Morgan fingerprint density at radius 2 is 1.79 bits per heavy atom. The van der Waals surface area contributed by atoms with Crippen LogP contribution < -0.4 is 4.72 Å². The van der Waals surface area contributed by atoms with E-state index in [4.69, 9.17) is 0 Å². The van der Waals surface area contributed by atoms with Gasteiger partial charge < -0.3 is 4.90 Å². The van der Waals surface area contributed by atoms with Gasteiger partial charge in [-0.2, -0.15) is 0 Å². The highest BCUT2D eigenvalue weighted by Gasteiger charge is 2.26. The van der Waals surface area contributed by atoms with Crippen molar-refractivity contribution in [2.45, 2.75) is 25.7 Å². The standard InChI is InChI=1S/C22H28N2O3S/c1-28(26,27)23-16-19-10-7-15-24(17-19)22(25)21-12-6-5-11-20(21)14-13-18-8-3-2-4-9-18/h2-6,8-9,11-12,19,23H,7,10,13-17H2,1H3. The zero-order chi connectivity index (χ0) is 20.0. The zero-order valence-electron chi connectivity index (χ0n) is 16.3. The molecule has 0 aromatic heterocycles. The van der Waals surface area contributed by atoms with E-state index in [1.807, 2.05) is 47.4 Å². The van der Waals surface area contributed by atoms with Crippen molar-refractivity contribution in [3.05, 3.63) is 71.3 Å². The van der Waals surface area contributed by atoms with E-state index in [-0.39, 0.29) is 11.8 Å². The lowest BCUT2D eigenvalue weighted by Crippen LogP contribution is -2.43. The smallest absolute Gasteiger partial charge is 0.254 e. The predicted molar refractivity (Wildman–Crippen MR) is 112 cm³/mol. The lowest BCUT2D eigenvalue weighted by molar-refractivity contribution is 0.0675. The van der Waals surface area contributed by atoms with Gasteiger partial charge in [-0.05, 0) is 48.8 Å². The highest BCUT2D eigenvalue weighted by atomic mass is 32.2. The summed E-state index contributed by atoms with van der Waals surface area (Å²) in [6.07, 6.45) is 4.71. The average Bonchev–Trinajstić information content (AvgIpc) is 2.71. The summed E-state index contributed by atoms with van der Waals surface area (Å²) in [6.45, 7) is 1.70. The van der Waals surface area contributed by atoms with E-state index in [2.05, 4.69) is 16.9 Å². The summed E-state index contributed by atoms with van der Waals surface area (Å²) in [7, 11) is -3.21. The molecule has 3 rings (SSSR count). The molecule has 0 radical (unpaired) electrons. The number of hydrogen-bond acceptors (Lipinski definition) is 3. The molecule has 150 valence electrons. The minimum atomic E-state index is -3.21. The number of nitrogens with zero attached hydrogens (tertiary/aromatic N) is 1. The summed E-state index contributed by atoms with van der Waals surface area (Å²) < 4.78 is 25.3. The van der Waals surface area contributed by atoms with E-state index >= 15 is 0 Å². The van der Waals surface area contributed by atoms with Crippen molar-refractivity contribution in [3.8, 4) is 0 Å². The van der Waals surface area contributed by atoms with Crippen LogP contribution in [0.3, 0.4) is 0 Å². The third-order valence-electron chi connectivity index (χ3n) is 5.21. The summed E-state index contributed by atoms with van der Waals surface area (Å²) in [6, 6.07) is 18.1. The minimum Gasteiger partial charge on any atom is -0.338 e. The summed E-state index contributed by atoms with van der Waals surface area (Å²) in [5, 5.41) is 0. The summed E-state index contributed by atoms with van der Waals surface area (Å²) in [4.78, 5) is 15.0. The second-order valence-electron chi connectivity index (χ2n) is 7.52. The van der Waals surface area contributed by atoms with Gasteiger partial charge in [-0.1, -0.05) is 48.5 Å². The molecule has 28 heavy (non-hydrogen) atoms. The quantitative estimate of drug-likeness (QED) is 0.777. The molecule has 1 saturated heterocycles. The van der Waals surface area contributed by atoms with Gasteiger partial charge >= 0.3 is 0 Å². The molecule has 0 saturated carbocycles. The van der Waals surface area contributed by atoms with Gasteiger partial charge in [-0.3, -0.25) is 4.79 Å². The number of amides is 1. The number of benzene rings is 2. The molecule has 0 bridgehead atoms. The third kappa shape index (κ3) is 5.91. The van der Waals surface area contributed by atoms with Gasteiger partial charge in [0.1, 0.15) is 0 Å². The Morgan fingerprint density at radius 1 is 1.07 bits per heavy atom. The van der Waals surface area contributed by atoms with Crippen LogP contribution in [0.2, 0.25) is 0 Å². The topological polar surface area (TPSA) is 66.5 Å². The van der Waals surface area contributed by atoms with Crippen LogP contribution in [0, 0.1) is 5.92 Å². The Hall–Kier alpha value is -2.18.